The highest BCUT2D eigenvalue weighted by Crippen LogP contribution is 2.52. The van der Waals surface area contributed by atoms with Crippen LogP contribution in [0, 0.1) is 0 Å². The average molecular weight is 780 g/mol. The number of rotatable bonds is 5. The molecule has 12 aromatic rings. The Kier molecular flexibility index (Phi) is 7.18. The molecule has 0 saturated heterocycles. The van der Waals surface area contributed by atoms with E-state index >= 15 is 0 Å². The molecule has 60 heavy (non-hydrogen) atoms. The maximum Gasteiger partial charge on any atom is 0.160 e. The van der Waals surface area contributed by atoms with E-state index < -0.39 is 0 Å². The van der Waals surface area contributed by atoms with E-state index in [1.807, 2.05) is 35.6 Å². The van der Waals surface area contributed by atoms with E-state index in [0.717, 1.165) is 33.8 Å². The van der Waals surface area contributed by atoms with Crippen molar-refractivity contribution in [3.05, 3.63) is 200 Å². The average Bonchev–Trinajstić information content (AvgIpc) is 3.97. The first-order chi connectivity index (χ1) is 29.7. The van der Waals surface area contributed by atoms with Crippen molar-refractivity contribution in [2.24, 2.45) is 0 Å². The molecule has 0 N–H and O–H groups in total. The second-order valence-electron chi connectivity index (χ2n) is 15.7. The Balaban J connectivity index is 0.948. The summed E-state index contributed by atoms with van der Waals surface area (Å²) < 4.78 is 5.06. The molecule has 0 saturated carbocycles. The Morgan fingerprint density at radius 3 is 1.78 bits per heavy atom. The Morgan fingerprint density at radius 2 is 0.950 bits per heavy atom. The maximum atomic E-state index is 5.15. The molecule has 0 fully saturated rings. The monoisotopic (exact) mass is 779 g/mol. The van der Waals surface area contributed by atoms with Crippen LogP contribution in [0.15, 0.2) is 200 Å². The van der Waals surface area contributed by atoms with E-state index in [0.29, 0.717) is 5.82 Å². The van der Waals surface area contributed by atoms with Gasteiger partial charge in [-0.2, -0.15) is 0 Å². The van der Waals surface area contributed by atoms with Crippen molar-refractivity contribution in [2.45, 2.75) is 0 Å². The summed E-state index contributed by atoms with van der Waals surface area (Å²) in [6.07, 6.45) is 0. The summed E-state index contributed by atoms with van der Waals surface area (Å²) in [6.45, 7) is 0. The number of hydrogen-bond donors (Lipinski definition) is 0. The van der Waals surface area contributed by atoms with Crippen molar-refractivity contribution in [3.8, 4) is 73.0 Å². The van der Waals surface area contributed by atoms with E-state index in [9.17, 15) is 0 Å². The number of hydrogen-bond acceptors (Lipinski definition) is 3. The fourth-order valence-corrected chi connectivity index (χ4v) is 10.8. The lowest BCUT2D eigenvalue weighted by atomic mass is 9.96. The molecule has 3 nitrogen and oxygen atoms in total. The summed E-state index contributed by atoms with van der Waals surface area (Å²) in [6, 6.07) is 72.4. The van der Waals surface area contributed by atoms with Gasteiger partial charge in [0.15, 0.2) is 5.82 Å². The molecule has 0 atom stereocenters. The first-order valence-corrected chi connectivity index (χ1v) is 21.2. The number of aromatic nitrogens is 3. The topological polar surface area (TPSA) is 30.7 Å². The van der Waals surface area contributed by atoms with E-state index in [1.165, 1.54) is 86.1 Å². The van der Waals surface area contributed by atoms with Crippen LogP contribution in [-0.4, -0.2) is 14.5 Å². The predicted molar refractivity (Wildman–Crippen MR) is 253 cm³/mol. The highest BCUT2D eigenvalue weighted by Gasteiger charge is 2.24. The van der Waals surface area contributed by atoms with Crippen LogP contribution in [0.2, 0.25) is 0 Å². The SMILES string of the molecule is c1ccc(-c2cc(-c3cccc(-n4c5ccccc5c5cc(-c6ccc7sc8cc9c%10c(cccc%10c8c7c6)-c6ccccc6-9)ccc54)c3)nc(-c3ccccc3)n2)cc1. The van der Waals surface area contributed by atoms with E-state index in [4.69, 9.17) is 9.97 Å². The summed E-state index contributed by atoms with van der Waals surface area (Å²) in [5.74, 6) is 0.711. The van der Waals surface area contributed by atoms with E-state index in [-0.39, 0.29) is 0 Å². The van der Waals surface area contributed by atoms with Crippen LogP contribution in [0.3, 0.4) is 0 Å². The minimum absolute atomic E-state index is 0.711. The molecule has 0 spiro atoms. The summed E-state index contributed by atoms with van der Waals surface area (Å²) >= 11 is 1.90. The first kappa shape index (κ1) is 33.3. The van der Waals surface area contributed by atoms with E-state index in [2.05, 4.69) is 180 Å². The molecular formula is C56H33N3S. The van der Waals surface area contributed by atoms with Gasteiger partial charge < -0.3 is 4.57 Å². The zero-order valence-electron chi connectivity index (χ0n) is 32.3. The van der Waals surface area contributed by atoms with Crippen molar-refractivity contribution >= 4 is 64.1 Å². The molecule has 3 aromatic heterocycles. The van der Waals surface area contributed by atoms with Gasteiger partial charge >= 0.3 is 0 Å². The first-order valence-electron chi connectivity index (χ1n) is 20.4. The molecule has 9 aromatic carbocycles. The number of para-hydroxylation sites is 1. The minimum Gasteiger partial charge on any atom is -0.309 e. The van der Waals surface area contributed by atoms with Crippen LogP contribution in [0.5, 0.6) is 0 Å². The second kappa shape index (κ2) is 12.9. The lowest BCUT2D eigenvalue weighted by molar-refractivity contribution is 1.16. The highest BCUT2D eigenvalue weighted by atomic mass is 32.1. The normalized spacial score (nSPS) is 12.0. The van der Waals surface area contributed by atoms with Crippen LogP contribution < -0.4 is 0 Å². The summed E-state index contributed by atoms with van der Waals surface area (Å²) in [4.78, 5) is 10.2. The smallest absolute Gasteiger partial charge is 0.160 e. The fourth-order valence-electron chi connectivity index (χ4n) is 9.62. The van der Waals surface area contributed by atoms with Crippen molar-refractivity contribution in [1.82, 2.24) is 14.5 Å². The third kappa shape index (κ3) is 5.01. The molecule has 3 heterocycles. The van der Waals surface area contributed by atoms with Gasteiger partial charge in [0.1, 0.15) is 0 Å². The van der Waals surface area contributed by atoms with Crippen molar-refractivity contribution < 1.29 is 0 Å². The molecule has 0 aliphatic heterocycles. The number of fused-ring (bicyclic) bond motifs is 10. The lowest BCUT2D eigenvalue weighted by Crippen LogP contribution is -1.97. The van der Waals surface area contributed by atoms with Gasteiger partial charge in [0.2, 0.25) is 0 Å². The molecule has 1 aliphatic rings. The van der Waals surface area contributed by atoms with E-state index in [1.54, 1.807) is 0 Å². The van der Waals surface area contributed by atoms with Gasteiger partial charge in [0.25, 0.3) is 0 Å². The van der Waals surface area contributed by atoms with Gasteiger partial charge in [-0.15, -0.1) is 11.3 Å². The van der Waals surface area contributed by atoms with Crippen LogP contribution >= 0.6 is 11.3 Å². The van der Waals surface area contributed by atoms with Crippen LogP contribution in [-0.2, 0) is 0 Å². The molecule has 4 heteroatoms. The molecule has 1 aliphatic carbocycles. The third-order valence-corrected chi connectivity index (χ3v) is 13.5. The maximum absolute atomic E-state index is 5.15. The molecule has 0 bridgehead atoms. The fraction of sp³-hybridized carbons (Fsp3) is 0. The molecule has 0 amide bonds. The molecule has 0 radical (unpaired) electrons. The van der Waals surface area contributed by atoms with Crippen molar-refractivity contribution in [2.75, 3.05) is 0 Å². The Hall–Kier alpha value is -7.66. The van der Waals surface area contributed by atoms with Gasteiger partial charge in [-0.05, 0) is 98.8 Å². The largest absolute Gasteiger partial charge is 0.309 e. The number of nitrogens with zero attached hydrogens (tertiary/aromatic N) is 3. The second-order valence-corrected chi connectivity index (χ2v) is 16.8. The van der Waals surface area contributed by atoms with Crippen molar-refractivity contribution in [3.63, 3.8) is 0 Å². The molecule has 13 rings (SSSR count). The van der Waals surface area contributed by atoms with Crippen LogP contribution in [0.25, 0.3) is 126 Å². The van der Waals surface area contributed by atoms with Gasteiger partial charge in [-0.3, -0.25) is 0 Å². The third-order valence-electron chi connectivity index (χ3n) is 12.3. The lowest BCUT2D eigenvalue weighted by Gasteiger charge is -2.12. The molecule has 0 unspecified atom stereocenters. The van der Waals surface area contributed by atoms with Gasteiger partial charge in [0.05, 0.1) is 22.4 Å². The molecule has 278 valence electrons. The minimum atomic E-state index is 0.711. The summed E-state index contributed by atoms with van der Waals surface area (Å²) in [5, 5.41) is 7.86. The molecular weight excluding hydrogens is 747 g/mol. The van der Waals surface area contributed by atoms with Gasteiger partial charge in [0, 0.05) is 53.3 Å². The Morgan fingerprint density at radius 1 is 0.333 bits per heavy atom. The van der Waals surface area contributed by atoms with Gasteiger partial charge in [-0.25, -0.2) is 9.97 Å². The van der Waals surface area contributed by atoms with Gasteiger partial charge in [-0.1, -0.05) is 146 Å². The number of thiophene rings is 1. The summed E-state index contributed by atoms with van der Waals surface area (Å²) in [5.41, 5.74) is 16.1. The zero-order valence-corrected chi connectivity index (χ0v) is 33.1. The Bertz CT molecular complexity index is 3650. The van der Waals surface area contributed by atoms with Crippen molar-refractivity contribution in [1.29, 1.82) is 0 Å². The predicted octanol–water partition coefficient (Wildman–Crippen LogP) is 15.4. The summed E-state index contributed by atoms with van der Waals surface area (Å²) in [7, 11) is 0. The highest BCUT2D eigenvalue weighted by molar-refractivity contribution is 7.26. The quantitative estimate of drug-likeness (QED) is 0.174. The zero-order chi connectivity index (χ0) is 39.3. The van der Waals surface area contributed by atoms with Crippen LogP contribution in [0.4, 0.5) is 0 Å². The van der Waals surface area contributed by atoms with Crippen LogP contribution in [0.1, 0.15) is 0 Å². The number of benzene rings is 9. The standard InChI is InChI=1S/C56H33N3S/c1-3-13-34(14-4-1)48-33-49(58-56(57-48)35-15-5-2-6-16-35)38-17-11-18-39(29-38)59-50-24-10-9-21-42(50)45-30-36(25-27-51(45)59)37-26-28-52-47(31-37)55-44-23-12-22-43-40-19-7-8-20-41(40)46(54(43)44)32-53(55)60-52/h1-33H. The Labute approximate surface area is 350 Å².